The molecule has 1 N–H and O–H groups in total. The Hall–Kier alpha value is -3.02. The van der Waals surface area contributed by atoms with Crippen LogP contribution in [0.15, 0.2) is 42.5 Å². The van der Waals surface area contributed by atoms with Crippen LogP contribution < -0.4 is 19.5 Å². The van der Waals surface area contributed by atoms with E-state index in [4.69, 9.17) is 14.2 Å². The van der Waals surface area contributed by atoms with E-state index < -0.39 is 6.10 Å². The third kappa shape index (κ3) is 4.97. The second-order valence-electron chi connectivity index (χ2n) is 5.43. The topological polar surface area (TPSA) is 73.9 Å². The van der Waals surface area contributed by atoms with Gasteiger partial charge in [-0.15, -0.1) is 0 Å². The molecule has 0 bridgehead atoms. The molecule has 2 aromatic carbocycles. The molecule has 0 aliphatic rings. The van der Waals surface area contributed by atoms with Crippen molar-refractivity contribution in [3.05, 3.63) is 48.0 Å². The van der Waals surface area contributed by atoms with E-state index in [0.717, 1.165) is 0 Å². The number of amides is 1. The lowest BCUT2D eigenvalue weighted by atomic mass is 10.1. The van der Waals surface area contributed by atoms with E-state index in [0.29, 0.717) is 28.5 Å². The fraction of sp³-hybridized carbons (Fsp3) is 0.263. The van der Waals surface area contributed by atoms with Crippen molar-refractivity contribution in [1.29, 1.82) is 0 Å². The van der Waals surface area contributed by atoms with Crippen molar-refractivity contribution in [2.75, 3.05) is 19.5 Å². The van der Waals surface area contributed by atoms with Crippen LogP contribution in [-0.4, -0.2) is 32.0 Å². The average Bonchev–Trinajstić information content (AvgIpc) is 2.61. The maximum absolute atomic E-state index is 12.3. The molecule has 132 valence electrons. The fourth-order valence-corrected chi connectivity index (χ4v) is 2.15. The molecular weight excluding hydrogens is 322 g/mol. The van der Waals surface area contributed by atoms with Crippen LogP contribution in [0, 0.1) is 0 Å². The van der Waals surface area contributed by atoms with Crippen molar-refractivity contribution in [2.45, 2.75) is 20.0 Å². The summed E-state index contributed by atoms with van der Waals surface area (Å²) in [6.45, 7) is 3.14. The zero-order chi connectivity index (χ0) is 18.4. The molecule has 25 heavy (non-hydrogen) atoms. The Morgan fingerprint density at radius 3 is 1.96 bits per heavy atom. The summed E-state index contributed by atoms with van der Waals surface area (Å²) in [5, 5.41) is 2.76. The molecule has 0 saturated heterocycles. The maximum atomic E-state index is 12.3. The first-order valence-electron chi connectivity index (χ1n) is 7.74. The van der Waals surface area contributed by atoms with Gasteiger partial charge in [0.1, 0.15) is 17.2 Å². The van der Waals surface area contributed by atoms with E-state index in [9.17, 15) is 9.59 Å². The van der Waals surface area contributed by atoms with Crippen LogP contribution >= 0.6 is 0 Å². The Labute approximate surface area is 146 Å². The maximum Gasteiger partial charge on any atom is 0.265 e. The summed E-state index contributed by atoms with van der Waals surface area (Å²) in [5.41, 5.74) is 1.14. The van der Waals surface area contributed by atoms with Crippen LogP contribution in [0.5, 0.6) is 17.2 Å². The summed E-state index contributed by atoms with van der Waals surface area (Å²) >= 11 is 0. The van der Waals surface area contributed by atoms with Crippen LogP contribution in [0.25, 0.3) is 0 Å². The first-order valence-corrected chi connectivity index (χ1v) is 7.74. The molecule has 0 unspecified atom stereocenters. The van der Waals surface area contributed by atoms with Gasteiger partial charge in [-0.25, -0.2) is 0 Å². The summed E-state index contributed by atoms with van der Waals surface area (Å²) < 4.78 is 16.0. The van der Waals surface area contributed by atoms with Gasteiger partial charge < -0.3 is 19.5 Å². The first kappa shape index (κ1) is 18.3. The number of hydrogen-bond donors (Lipinski definition) is 1. The number of ether oxygens (including phenoxy) is 3. The monoisotopic (exact) mass is 343 g/mol. The SMILES string of the molecule is COc1cc(NC(=O)[C@H](C)Oc2ccc(C(C)=O)cc2)cc(OC)c1. The Balaban J connectivity index is 2.03. The van der Waals surface area contributed by atoms with Gasteiger partial charge in [-0.05, 0) is 38.1 Å². The number of benzene rings is 2. The minimum absolute atomic E-state index is 0.0238. The molecule has 0 spiro atoms. The van der Waals surface area contributed by atoms with Crippen LogP contribution in [0.4, 0.5) is 5.69 Å². The highest BCUT2D eigenvalue weighted by atomic mass is 16.5. The van der Waals surface area contributed by atoms with E-state index >= 15 is 0 Å². The molecule has 0 radical (unpaired) electrons. The van der Waals surface area contributed by atoms with Gasteiger partial charge in [0.15, 0.2) is 11.9 Å². The molecule has 0 aliphatic carbocycles. The number of Topliss-reactive ketones (excluding diaryl/α,β-unsaturated/α-hetero) is 1. The highest BCUT2D eigenvalue weighted by Gasteiger charge is 2.16. The molecule has 2 aromatic rings. The van der Waals surface area contributed by atoms with Crippen molar-refractivity contribution >= 4 is 17.4 Å². The molecule has 0 aliphatic heterocycles. The van der Waals surface area contributed by atoms with Gasteiger partial charge in [0, 0.05) is 29.4 Å². The van der Waals surface area contributed by atoms with Crippen LogP contribution in [0.3, 0.4) is 0 Å². The van der Waals surface area contributed by atoms with Crippen molar-refractivity contribution in [1.82, 2.24) is 0 Å². The normalized spacial score (nSPS) is 11.4. The average molecular weight is 343 g/mol. The van der Waals surface area contributed by atoms with Gasteiger partial charge in [-0.2, -0.15) is 0 Å². The van der Waals surface area contributed by atoms with E-state index in [-0.39, 0.29) is 11.7 Å². The second-order valence-corrected chi connectivity index (χ2v) is 5.43. The van der Waals surface area contributed by atoms with E-state index in [1.807, 2.05) is 0 Å². The van der Waals surface area contributed by atoms with E-state index in [2.05, 4.69) is 5.32 Å². The number of anilines is 1. The molecule has 0 heterocycles. The van der Waals surface area contributed by atoms with Gasteiger partial charge in [0.2, 0.25) is 0 Å². The number of methoxy groups -OCH3 is 2. The van der Waals surface area contributed by atoms with Gasteiger partial charge in [0.25, 0.3) is 5.91 Å². The Morgan fingerprint density at radius 1 is 0.920 bits per heavy atom. The Bertz CT molecular complexity index is 733. The fourth-order valence-electron chi connectivity index (χ4n) is 2.15. The standard InChI is InChI=1S/C19H21NO5/c1-12(21)14-5-7-16(8-6-14)25-13(2)19(22)20-15-9-17(23-3)11-18(10-15)24-4/h5-11,13H,1-4H3,(H,20,22)/t13-/m0/s1. The highest BCUT2D eigenvalue weighted by molar-refractivity contribution is 5.95. The minimum atomic E-state index is -0.722. The molecule has 2 rings (SSSR count). The summed E-state index contributed by atoms with van der Waals surface area (Å²) in [4.78, 5) is 23.6. The van der Waals surface area contributed by atoms with Gasteiger partial charge in [-0.1, -0.05) is 0 Å². The Morgan fingerprint density at radius 2 is 1.48 bits per heavy atom. The molecular formula is C19H21NO5. The molecule has 0 saturated carbocycles. The smallest absolute Gasteiger partial charge is 0.265 e. The van der Waals surface area contributed by atoms with Crippen molar-refractivity contribution in [3.63, 3.8) is 0 Å². The number of nitrogens with one attached hydrogen (secondary N) is 1. The van der Waals surface area contributed by atoms with Crippen molar-refractivity contribution in [3.8, 4) is 17.2 Å². The van der Waals surface area contributed by atoms with Crippen LogP contribution in [0.1, 0.15) is 24.2 Å². The molecule has 0 fully saturated rings. The van der Waals surface area contributed by atoms with Crippen molar-refractivity contribution < 1.29 is 23.8 Å². The van der Waals surface area contributed by atoms with Gasteiger partial charge in [0.05, 0.1) is 14.2 Å². The van der Waals surface area contributed by atoms with Gasteiger partial charge in [-0.3, -0.25) is 9.59 Å². The van der Waals surface area contributed by atoms with Crippen LogP contribution in [-0.2, 0) is 4.79 Å². The summed E-state index contributed by atoms with van der Waals surface area (Å²) in [6.07, 6.45) is -0.722. The number of carbonyl (C=O) groups is 2. The zero-order valence-electron chi connectivity index (χ0n) is 14.7. The zero-order valence-corrected chi connectivity index (χ0v) is 14.7. The lowest BCUT2D eigenvalue weighted by Gasteiger charge is -2.16. The van der Waals surface area contributed by atoms with E-state index in [1.165, 1.54) is 21.1 Å². The summed E-state index contributed by atoms with van der Waals surface area (Å²) in [6, 6.07) is 11.7. The third-order valence-electron chi connectivity index (χ3n) is 3.56. The second kappa shape index (κ2) is 8.19. The molecule has 6 nitrogen and oxygen atoms in total. The lowest BCUT2D eigenvalue weighted by molar-refractivity contribution is -0.122. The predicted molar refractivity (Wildman–Crippen MR) is 94.7 cm³/mol. The van der Waals surface area contributed by atoms with Crippen molar-refractivity contribution in [2.24, 2.45) is 0 Å². The molecule has 0 aromatic heterocycles. The largest absolute Gasteiger partial charge is 0.497 e. The number of ketones is 1. The quantitative estimate of drug-likeness (QED) is 0.781. The molecule has 1 atom stereocenters. The lowest BCUT2D eigenvalue weighted by Crippen LogP contribution is -2.30. The first-order chi connectivity index (χ1) is 11.9. The summed E-state index contributed by atoms with van der Waals surface area (Å²) in [5.74, 6) is 1.32. The molecule has 6 heteroatoms. The Kier molecular flexibility index (Phi) is 6.00. The number of hydrogen-bond acceptors (Lipinski definition) is 5. The highest BCUT2D eigenvalue weighted by Crippen LogP contribution is 2.26. The van der Waals surface area contributed by atoms with Gasteiger partial charge >= 0.3 is 0 Å². The minimum Gasteiger partial charge on any atom is -0.497 e. The third-order valence-corrected chi connectivity index (χ3v) is 3.56. The van der Waals surface area contributed by atoms with Crippen LogP contribution in [0.2, 0.25) is 0 Å². The predicted octanol–water partition coefficient (Wildman–Crippen LogP) is 3.31. The number of rotatable bonds is 7. The number of carbonyl (C=O) groups excluding carboxylic acids is 2. The molecule has 1 amide bonds. The summed E-state index contributed by atoms with van der Waals surface area (Å²) in [7, 11) is 3.08. The van der Waals surface area contributed by atoms with E-state index in [1.54, 1.807) is 49.4 Å².